The first-order chi connectivity index (χ1) is 7.47. The Morgan fingerprint density at radius 3 is 2.75 bits per heavy atom. The lowest BCUT2D eigenvalue weighted by atomic mass is 10.4. The molecule has 0 saturated heterocycles. The molecule has 2 N–H and O–H groups in total. The molecule has 0 aliphatic carbocycles. The molecule has 0 saturated carbocycles. The molecule has 2 amide bonds. The zero-order valence-electron chi connectivity index (χ0n) is 8.04. The van der Waals surface area contributed by atoms with Crippen LogP contribution in [-0.2, 0) is 6.42 Å². The Bertz CT molecular complexity index is 325. The minimum Gasteiger partial charge on any atom is -0.340 e. The number of hydrogen-bond acceptors (Lipinski definition) is 4. The molecule has 1 aromatic rings. The number of urea groups is 1. The van der Waals surface area contributed by atoms with Crippen LogP contribution in [0.2, 0.25) is 0 Å². The van der Waals surface area contributed by atoms with Crippen molar-refractivity contribution < 1.29 is 22.5 Å². The maximum absolute atomic E-state index is 11.7. The van der Waals surface area contributed by atoms with Gasteiger partial charge in [0.2, 0.25) is 5.89 Å². The summed E-state index contributed by atoms with van der Waals surface area (Å²) in [6.45, 7) is -1.24. The highest BCUT2D eigenvalue weighted by molar-refractivity contribution is 5.73. The van der Waals surface area contributed by atoms with Crippen LogP contribution in [0.25, 0.3) is 0 Å². The van der Waals surface area contributed by atoms with Crippen LogP contribution in [0.1, 0.15) is 5.89 Å². The highest BCUT2D eigenvalue weighted by atomic mass is 19.4. The minimum atomic E-state index is -4.41. The van der Waals surface area contributed by atoms with Crippen LogP contribution in [0.15, 0.2) is 10.9 Å². The molecule has 9 heteroatoms. The van der Waals surface area contributed by atoms with Crippen molar-refractivity contribution in [2.24, 2.45) is 0 Å². The van der Waals surface area contributed by atoms with Crippen LogP contribution in [0.5, 0.6) is 0 Å². The molecule has 0 radical (unpaired) electrons. The molecule has 0 aromatic carbocycles. The molecule has 90 valence electrons. The smallest absolute Gasteiger partial charge is 0.340 e. The fraction of sp³-hybridized carbons (Fsp3) is 0.571. The molecule has 0 spiro atoms. The molecule has 6 nitrogen and oxygen atoms in total. The molecule has 0 fully saturated rings. The lowest BCUT2D eigenvalue weighted by molar-refractivity contribution is -0.122. The number of carbonyl (C=O) groups is 1. The summed E-state index contributed by atoms with van der Waals surface area (Å²) < 4.78 is 39.7. The normalized spacial score (nSPS) is 11.2. The van der Waals surface area contributed by atoms with E-state index in [9.17, 15) is 18.0 Å². The second-order valence-corrected chi connectivity index (χ2v) is 2.81. The molecular formula is C7H9F3N4O2. The van der Waals surface area contributed by atoms with Crippen molar-refractivity contribution >= 4 is 6.03 Å². The highest BCUT2D eigenvalue weighted by Crippen LogP contribution is 2.11. The Balaban J connectivity index is 2.11. The largest absolute Gasteiger partial charge is 0.405 e. The Labute approximate surface area is 88.2 Å². The zero-order chi connectivity index (χ0) is 12.0. The molecule has 0 aliphatic rings. The maximum Gasteiger partial charge on any atom is 0.405 e. The van der Waals surface area contributed by atoms with Gasteiger partial charge in [0.25, 0.3) is 0 Å². The predicted molar refractivity (Wildman–Crippen MR) is 45.5 cm³/mol. The summed E-state index contributed by atoms with van der Waals surface area (Å²) in [7, 11) is 0. The number of nitrogens with one attached hydrogen (secondary N) is 2. The number of amides is 2. The quantitative estimate of drug-likeness (QED) is 0.799. The van der Waals surface area contributed by atoms with Gasteiger partial charge < -0.3 is 15.2 Å². The van der Waals surface area contributed by atoms with Gasteiger partial charge in [-0.15, -0.1) is 0 Å². The van der Waals surface area contributed by atoms with Crippen molar-refractivity contribution in [3.8, 4) is 0 Å². The molecule has 0 aliphatic heterocycles. The third-order valence-corrected chi connectivity index (χ3v) is 1.48. The summed E-state index contributed by atoms with van der Waals surface area (Å²) in [6.07, 6.45) is -2.96. The van der Waals surface area contributed by atoms with Gasteiger partial charge >= 0.3 is 12.2 Å². The predicted octanol–water partition coefficient (Wildman–Crippen LogP) is 0.474. The first-order valence-corrected chi connectivity index (χ1v) is 4.31. The number of hydrogen-bond donors (Lipinski definition) is 2. The van der Waals surface area contributed by atoms with Crippen molar-refractivity contribution in [2.45, 2.75) is 12.6 Å². The third kappa shape index (κ3) is 5.17. The van der Waals surface area contributed by atoms with E-state index in [0.717, 1.165) is 0 Å². The van der Waals surface area contributed by atoms with Gasteiger partial charge in [-0.3, -0.25) is 0 Å². The number of carbonyl (C=O) groups excluding carboxylic acids is 1. The lowest BCUT2D eigenvalue weighted by Crippen LogP contribution is -2.41. The zero-order valence-corrected chi connectivity index (χ0v) is 8.04. The first kappa shape index (κ1) is 12.3. The first-order valence-electron chi connectivity index (χ1n) is 4.31. The maximum atomic E-state index is 11.7. The van der Waals surface area contributed by atoms with Crippen molar-refractivity contribution in [2.75, 3.05) is 13.1 Å². The van der Waals surface area contributed by atoms with E-state index < -0.39 is 18.8 Å². The highest BCUT2D eigenvalue weighted by Gasteiger charge is 2.27. The Morgan fingerprint density at radius 1 is 1.44 bits per heavy atom. The van der Waals surface area contributed by atoms with E-state index in [1.807, 2.05) is 0 Å². The van der Waals surface area contributed by atoms with E-state index in [2.05, 4.69) is 20.0 Å². The van der Waals surface area contributed by atoms with Gasteiger partial charge in [0.1, 0.15) is 6.54 Å². The summed E-state index contributed by atoms with van der Waals surface area (Å²) in [5, 5.41) is 7.20. The van der Waals surface area contributed by atoms with E-state index in [1.54, 1.807) is 5.32 Å². The fourth-order valence-electron chi connectivity index (χ4n) is 0.832. The molecular weight excluding hydrogens is 229 g/mol. The van der Waals surface area contributed by atoms with E-state index in [1.165, 1.54) is 6.33 Å². The number of rotatable bonds is 4. The van der Waals surface area contributed by atoms with E-state index in [-0.39, 0.29) is 13.0 Å². The third-order valence-electron chi connectivity index (χ3n) is 1.48. The van der Waals surface area contributed by atoms with Gasteiger partial charge in [-0.2, -0.15) is 18.2 Å². The van der Waals surface area contributed by atoms with Gasteiger partial charge in [0.05, 0.1) is 0 Å². The van der Waals surface area contributed by atoms with Gasteiger partial charge in [0.15, 0.2) is 6.33 Å². The summed E-state index contributed by atoms with van der Waals surface area (Å²) >= 11 is 0. The number of aromatic nitrogens is 2. The molecule has 0 atom stereocenters. The van der Waals surface area contributed by atoms with E-state index in [4.69, 9.17) is 0 Å². The summed E-state index contributed by atoms with van der Waals surface area (Å²) in [4.78, 5) is 14.5. The van der Waals surface area contributed by atoms with Crippen molar-refractivity contribution in [1.29, 1.82) is 0 Å². The second-order valence-electron chi connectivity index (χ2n) is 2.81. The molecule has 16 heavy (non-hydrogen) atoms. The summed E-state index contributed by atoms with van der Waals surface area (Å²) in [5.41, 5.74) is 0. The molecule has 1 rings (SSSR count). The summed E-state index contributed by atoms with van der Waals surface area (Å²) in [6, 6.07) is -0.892. The SMILES string of the molecule is O=C(NCCc1ncno1)NCC(F)(F)F. The average Bonchev–Trinajstić information content (AvgIpc) is 2.66. The minimum absolute atomic E-state index is 0.117. The van der Waals surface area contributed by atoms with Gasteiger partial charge in [-0.05, 0) is 0 Å². The average molecular weight is 238 g/mol. The van der Waals surface area contributed by atoms with Gasteiger partial charge in [0, 0.05) is 13.0 Å². The van der Waals surface area contributed by atoms with Crippen LogP contribution < -0.4 is 10.6 Å². The Morgan fingerprint density at radius 2 is 2.19 bits per heavy atom. The monoisotopic (exact) mass is 238 g/mol. The lowest BCUT2D eigenvalue weighted by Gasteiger charge is -2.08. The van der Waals surface area contributed by atoms with Crippen LogP contribution in [0, 0.1) is 0 Å². The van der Waals surface area contributed by atoms with Crippen molar-refractivity contribution in [3.63, 3.8) is 0 Å². The Hall–Kier alpha value is -1.80. The molecule has 1 heterocycles. The van der Waals surface area contributed by atoms with Crippen LogP contribution in [-0.4, -0.2) is 35.4 Å². The standard InChI is InChI=1S/C7H9F3N4O2/c8-7(9,10)3-12-6(15)11-2-1-5-13-4-14-16-5/h4H,1-3H2,(H2,11,12,15). The van der Waals surface area contributed by atoms with E-state index >= 15 is 0 Å². The molecule has 0 bridgehead atoms. The van der Waals surface area contributed by atoms with Crippen LogP contribution >= 0.6 is 0 Å². The van der Waals surface area contributed by atoms with Gasteiger partial charge in [-0.25, -0.2) is 4.79 Å². The Kier molecular flexibility index (Phi) is 4.09. The van der Waals surface area contributed by atoms with Crippen LogP contribution in [0.4, 0.5) is 18.0 Å². The van der Waals surface area contributed by atoms with E-state index in [0.29, 0.717) is 5.89 Å². The fourth-order valence-corrected chi connectivity index (χ4v) is 0.832. The topological polar surface area (TPSA) is 80.1 Å². The van der Waals surface area contributed by atoms with Crippen molar-refractivity contribution in [1.82, 2.24) is 20.8 Å². The molecule has 0 unspecified atom stereocenters. The number of alkyl halides is 3. The van der Waals surface area contributed by atoms with Crippen LogP contribution in [0.3, 0.4) is 0 Å². The molecule has 1 aromatic heterocycles. The van der Waals surface area contributed by atoms with Gasteiger partial charge in [-0.1, -0.05) is 5.16 Å². The number of nitrogens with zero attached hydrogens (tertiary/aromatic N) is 2. The number of halogens is 3. The van der Waals surface area contributed by atoms with Crippen molar-refractivity contribution in [3.05, 3.63) is 12.2 Å². The second kappa shape index (κ2) is 5.33. The summed E-state index contributed by atoms with van der Waals surface area (Å²) in [5.74, 6) is 0.302.